The fourth-order valence-corrected chi connectivity index (χ4v) is 1.43. The summed E-state index contributed by atoms with van der Waals surface area (Å²) in [6.07, 6.45) is 0. The molecule has 2 rings (SSSR count). The highest BCUT2D eigenvalue weighted by Crippen LogP contribution is 2.28. The number of nitrogens with zero attached hydrogens (tertiary/aromatic N) is 1. The first-order chi connectivity index (χ1) is 7.11. The van der Waals surface area contributed by atoms with Crippen LogP contribution in [-0.4, -0.2) is 4.92 Å². The van der Waals surface area contributed by atoms with Crippen LogP contribution in [0.25, 0.3) is 10.8 Å². The highest BCUT2D eigenvalue weighted by molar-refractivity contribution is 5.85. The quantitative estimate of drug-likeness (QED) is 0.535. The lowest BCUT2D eigenvalue weighted by Gasteiger charge is -2.01. The first-order valence-electron chi connectivity index (χ1n) is 4.12. The molecule has 0 heterocycles. The summed E-state index contributed by atoms with van der Waals surface area (Å²) < 4.78 is 26.6. The molecule has 2 aromatic rings. The highest BCUT2D eigenvalue weighted by Gasteiger charge is 2.23. The number of halogens is 2. The fourth-order valence-electron chi connectivity index (χ4n) is 1.43. The van der Waals surface area contributed by atoms with Gasteiger partial charge in [0.25, 0.3) is 0 Å². The van der Waals surface area contributed by atoms with Crippen molar-refractivity contribution >= 4 is 16.5 Å². The number of nitro groups is 1. The summed E-state index contributed by atoms with van der Waals surface area (Å²) in [6, 6.07) is 6.96. The zero-order chi connectivity index (χ0) is 11.0. The number of benzene rings is 2. The molecular formula is C10H5F2NO2. The third-order valence-electron chi connectivity index (χ3n) is 2.10. The molecule has 5 heteroatoms. The molecule has 0 aliphatic carbocycles. The van der Waals surface area contributed by atoms with Crippen LogP contribution in [0.3, 0.4) is 0 Å². The van der Waals surface area contributed by atoms with E-state index >= 15 is 0 Å². The monoisotopic (exact) mass is 209 g/mol. The van der Waals surface area contributed by atoms with E-state index in [4.69, 9.17) is 0 Å². The molecule has 2 aromatic carbocycles. The maximum atomic E-state index is 13.5. The average Bonchev–Trinajstić information content (AvgIpc) is 2.17. The second kappa shape index (κ2) is 3.27. The Kier molecular flexibility index (Phi) is 2.07. The van der Waals surface area contributed by atoms with E-state index in [-0.39, 0.29) is 5.39 Å². The van der Waals surface area contributed by atoms with Gasteiger partial charge in [-0.15, -0.1) is 0 Å². The molecule has 0 radical (unpaired) electrons. The summed E-state index contributed by atoms with van der Waals surface area (Å²) >= 11 is 0. The van der Waals surface area contributed by atoms with Gasteiger partial charge in [-0.05, 0) is 11.5 Å². The molecule has 0 aromatic heterocycles. The van der Waals surface area contributed by atoms with E-state index in [2.05, 4.69) is 0 Å². The average molecular weight is 209 g/mol. The van der Waals surface area contributed by atoms with Crippen molar-refractivity contribution in [3.05, 3.63) is 52.1 Å². The molecule has 0 fully saturated rings. The van der Waals surface area contributed by atoms with E-state index in [9.17, 15) is 18.9 Å². The van der Waals surface area contributed by atoms with Crippen LogP contribution in [-0.2, 0) is 0 Å². The van der Waals surface area contributed by atoms with E-state index in [1.165, 1.54) is 18.2 Å². The van der Waals surface area contributed by atoms with E-state index in [1.54, 1.807) is 6.07 Å². The molecule has 0 bridgehead atoms. The lowest BCUT2D eigenvalue weighted by Crippen LogP contribution is -1.97. The van der Waals surface area contributed by atoms with Crippen molar-refractivity contribution in [2.45, 2.75) is 0 Å². The van der Waals surface area contributed by atoms with Crippen LogP contribution in [0.4, 0.5) is 14.5 Å². The molecule has 15 heavy (non-hydrogen) atoms. The molecule has 3 nitrogen and oxygen atoms in total. The van der Waals surface area contributed by atoms with Gasteiger partial charge in [0.05, 0.1) is 4.92 Å². The first kappa shape index (κ1) is 9.51. The van der Waals surface area contributed by atoms with Gasteiger partial charge in [0.2, 0.25) is 11.6 Å². The molecule has 76 valence electrons. The van der Waals surface area contributed by atoms with Gasteiger partial charge in [0.1, 0.15) is 0 Å². The first-order valence-corrected chi connectivity index (χ1v) is 4.12. The standard InChI is InChI=1S/C10H5F2NO2/c11-8-5-6-3-1-2-4-7(6)9(12)10(8)13(14)15/h1-5H. The van der Waals surface area contributed by atoms with E-state index in [1.807, 2.05) is 0 Å². The lowest BCUT2D eigenvalue weighted by atomic mass is 10.1. The summed E-state index contributed by atoms with van der Waals surface area (Å²) in [5.41, 5.74) is -1.10. The summed E-state index contributed by atoms with van der Waals surface area (Å²) in [5.74, 6) is -2.29. The van der Waals surface area contributed by atoms with Gasteiger partial charge in [-0.3, -0.25) is 10.1 Å². The maximum Gasteiger partial charge on any atom is 0.340 e. The van der Waals surface area contributed by atoms with Crippen molar-refractivity contribution in [2.75, 3.05) is 0 Å². The molecular weight excluding hydrogens is 204 g/mol. The Morgan fingerprint density at radius 2 is 1.87 bits per heavy atom. The van der Waals surface area contributed by atoms with Crippen molar-refractivity contribution in [2.24, 2.45) is 0 Å². The molecule has 0 aliphatic rings. The number of hydrogen-bond donors (Lipinski definition) is 0. The minimum atomic E-state index is -1.16. The fraction of sp³-hybridized carbons (Fsp3) is 0. The second-order valence-corrected chi connectivity index (χ2v) is 3.00. The summed E-state index contributed by atoms with van der Waals surface area (Å²) in [5, 5.41) is 10.8. The summed E-state index contributed by atoms with van der Waals surface area (Å²) in [6.45, 7) is 0. The smallest absolute Gasteiger partial charge is 0.258 e. The zero-order valence-electron chi connectivity index (χ0n) is 7.41. The predicted octanol–water partition coefficient (Wildman–Crippen LogP) is 3.03. The van der Waals surface area contributed by atoms with Crippen LogP contribution in [0.5, 0.6) is 0 Å². The molecule has 0 spiro atoms. The molecule has 0 unspecified atom stereocenters. The second-order valence-electron chi connectivity index (χ2n) is 3.00. The third kappa shape index (κ3) is 1.41. The minimum Gasteiger partial charge on any atom is -0.258 e. The van der Waals surface area contributed by atoms with Crippen LogP contribution in [0.15, 0.2) is 30.3 Å². The van der Waals surface area contributed by atoms with Crippen LogP contribution < -0.4 is 0 Å². The van der Waals surface area contributed by atoms with Crippen LogP contribution in [0.2, 0.25) is 0 Å². The Morgan fingerprint density at radius 3 is 2.53 bits per heavy atom. The Labute approximate surface area is 83.1 Å². The highest BCUT2D eigenvalue weighted by atomic mass is 19.1. The van der Waals surface area contributed by atoms with Gasteiger partial charge >= 0.3 is 5.69 Å². The number of fused-ring (bicyclic) bond motifs is 1. The van der Waals surface area contributed by atoms with Crippen molar-refractivity contribution in [1.29, 1.82) is 0 Å². The maximum absolute atomic E-state index is 13.5. The third-order valence-corrected chi connectivity index (χ3v) is 2.10. The van der Waals surface area contributed by atoms with Crippen molar-refractivity contribution < 1.29 is 13.7 Å². The summed E-state index contributed by atoms with van der Waals surface area (Å²) in [4.78, 5) is 9.35. The lowest BCUT2D eigenvalue weighted by molar-refractivity contribution is -0.390. The topological polar surface area (TPSA) is 43.1 Å². The number of rotatable bonds is 1. The van der Waals surface area contributed by atoms with Crippen LogP contribution >= 0.6 is 0 Å². The number of hydrogen-bond acceptors (Lipinski definition) is 2. The SMILES string of the molecule is O=[N+]([O-])c1c(F)cc2ccccc2c1F. The van der Waals surface area contributed by atoms with Crippen molar-refractivity contribution in [3.63, 3.8) is 0 Å². The van der Waals surface area contributed by atoms with Gasteiger partial charge in [0, 0.05) is 5.39 Å². The molecule has 0 amide bonds. The Hall–Kier alpha value is -2.04. The molecule has 0 atom stereocenters. The largest absolute Gasteiger partial charge is 0.340 e. The van der Waals surface area contributed by atoms with Crippen LogP contribution in [0, 0.1) is 21.7 Å². The number of nitro benzene ring substituents is 1. The van der Waals surface area contributed by atoms with Gasteiger partial charge in [-0.2, -0.15) is 8.78 Å². The van der Waals surface area contributed by atoms with Gasteiger partial charge < -0.3 is 0 Å². The zero-order valence-corrected chi connectivity index (χ0v) is 7.41. The Bertz CT molecular complexity index is 554. The Morgan fingerprint density at radius 1 is 1.20 bits per heavy atom. The normalized spacial score (nSPS) is 10.5. The predicted molar refractivity (Wildman–Crippen MR) is 50.5 cm³/mol. The Balaban J connectivity index is 2.90. The van der Waals surface area contributed by atoms with Crippen molar-refractivity contribution in [1.82, 2.24) is 0 Å². The van der Waals surface area contributed by atoms with Gasteiger partial charge in [0.15, 0.2) is 0 Å². The summed E-state index contributed by atoms with van der Waals surface area (Å²) in [7, 11) is 0. The molecule has 0 N–H and O–H groups in total. The van der Waals surface area contributed by atoms with Gasteiger partial charge in [-0.1, -0.05) is 24.3 Å². The molecule has 0 saturated heterocycles. The minimum absolute atomic E-state index is 0.0469. The molecule has 0 aliphatic heterocycles. The van der Waals surface area contributed by atoms with Gasteiger partial charge in [-0.25, -0.2) is 0 Å². The van der Waals surface area contributed by atoms with Crippen molar-refractivity contribution in [3.8, 4) is 0 Å². The van der Waals surface area contributed by atoms with Crippen LogP contribution in [0.1, 0.15) is 0 Å². The van der Waals surface area contributed by atoms with E-state index in [0.29, 0.717) is 5.39 Å². The van der Waals surface area contributed by atoms with E-state index in [0.717, 1.165) is 6.07 Å². The molecule has 0 saturated carbocycles. The van der Waals surface area contributed by atoms with E-state index < -0.39 is 22.2 Å².